The molecule has 4 rings (SSSR count). The van der Waals surface area contributed by atoms with Gasteiger partial charge in [-0.1, -0.05) is 0 Å². The molecule has 3 aliphatic heterocycles. The molecular weight excluding hydrogens is 539 g/mol. The van der Waals surface area contributed by atoms with Gasteiger partial charge in [-0.25, -0.2) is 0 Å². The quantitative estimate of drug-likeness (QED) is 0.318. The van der Waals surface area contributed by atoms with E-state index >= 15 is 0 Å². The molecule has 32 heavy (non-hydrogen) atoms. The van der Waals surface area contributed by atoms with Gasteiger partial charge in [-0.15, -0.1) is 24.0 Å². The highest BCUT2D eigenvalue weighted by Crippen LogP contribution is 2.35. The van der Waals surface area contributed by atoms with E-state index in [1.165, 1.54) is 23.3 Å². The second-order valence-electron chi connectivity index (χ2n) is 8.44. The summed E-state index contributed by atoms with van der Waals surface area (Å²) in [4.78, 5) is 10.2. The van der Waals surface area contributed by atoms with Crippen molar-refractivity contribution >= 4 is 41.7 Å². The van der Waals surface area contributed by atoms with Crippen LogP contribution in [0.25, 0.3) is 0 Å². The fourth-order valence-electron chi connectivity index (χ4n) is 4.82. The second-order valence-corrected chi connectivity index (χ2v) is 9.55. The molecule has 2 fully saturated rings. The van der Waals surface area contributed by atoms with Gasteiger partial charge in [-0.3, -0.25) is 9.89 Å². The Kier molecular flexibility index (Phi) is 9.63. The van der Waals surface area contributed by atoms with Crippen molar-refractivity contribution in [2.75, 3.05) is 71.7 Å². The fraction of sp³-hybridized carbons (Fsp3) is 0.696. The summed E-state index contributed by atoms with van der Waals surface area (Å²) in [6.07, 6.45) is 2.19. The highest BCUT2D eigenvalue weighted by Gasteiger charge is 2.40. The minimum absolute atomic E-state index is 0. The van der Waals surface area contributed by atoms with Gasteiger partial charge in [0.2, 0.25) is 0 Å². The number of thioether (sulfide) groups is 1. The van der Waals surface area contributed by atoms with Gasteiger partial charge >= 0.3 is 0 Å². The molecule has 9 heteroatoms. The zero-order valence-corrected chi connectivity index (χ0v) is 22.7. The Morgan fingerprint density at radius 1 is 1.16 bits per heavy atom. The van der Waals surface area contributed by atoms with Gasteiger partial charge in [0.15, 0.2) is 17.5 Å². The van der Waals surface area contributed by atoms with Gasteiger partial charge in [0, 0.05) is 38.5 Å². The minimum atomic E-state index is 0. The molecule has 0 radical (unpaired) electrons. The van der Waals surface area contributed by atoms with Gasteiger partial charge in [0.1, 0.15) is 0 Å². The SMILES string of the molecule is CCNC(=NCC1(N2CCOCC2)CCSC1)N1CCc2cc(OC)c(OC)cc2C1.I. The average molecular weight is 577 g/mol. The van der Waals surface area contributed by atoms with E-state index in [1.54, 1.807) is 14.2 Å². The summed E-state index contributed by atoms with van der Waals surface area (Å²) in [5.74, 6) is 5.01. The first kappa shape index (κ1) is 25.7. The molecule has 3 heterocycles. The Hall–Kier alpha value is -0.910. The lowest BCUT2D eigenvalue weighted by Gasteiger charge is -2.42. The van der Waals surface area contributed by atoms with Crippen LogP contribution in [-0.2, 0) is 17.7 Å². The van der Waals surface area contributed by atoms with Crippen LogP contribution in [-0.4, -0.2) is 93.0 Å². The third kappa shape index (κ3) is 5.59. The Morgan fingerprint density at radius 2 is 1.88 bits per heavy atom. The number of benzene rings is 1. The van der Waals surface area contributed by atoms with E-state index in [4.69, 9.17) is 19.2 Å². The number of fused-ring (bicyclic) bond motifs is 1. The number of hydrogen-bond donors (Lipinski definition) is 1. The summed E-state index contributed by atoms with van der Waals surface area (Å²) in [5.41, 5.74) is 2.79. The molecular formula is C23H37IN4O3S. The molecule has 1 N–H and O–H groups in total. The van der Waals surface area contributed by atoms with E-state index in [2.05, 4.69) is 45.9 Å². The number of aliphatic imine (C=N–C) groups is 1. The number of hydrogen-bond acceptors (Lipinski definition) is 6. The molecule has 1 aromatic carbocycles. The van der Waals surface area contributed by atoms with E-state index in [0.29, 0.717) is 0 Å². The predicted molar refractivity (Wildman–Crippen MR) is 142 cm³/mol. The Bertz CT molecular complexity index is 783. The van der Waals surface area contributed by atoms with Crippen molar-refractivity contribution in [1.29, 1.82) is 0 Å². The van der Waals surface area contributed by atoms with E-state index in [-0.39, 0.29) is 29.5 Å². The van der Waals surface area contributed by atoms with Crippen molar-refractivity contribution < 1.29 is 14.2 Å². The standard InChI is InChI=1S/C23H36N4O3S.HI/c1-4-24-22(25-16-23(6-12-31-17-23)27-8-10-30-11-9-27)26-7-5-18-13-20(28-2)21(29-3)14-19(18)15-26;/h13-14H,4-12,15-17H2,1-3H3,(H,24,25);1H. The van der Waals surface area contributed by atoms with Crippen molar-refractivity contribution in [2.45, 2.75) is 31.8 Å². The van der Waals surface area contributed by atoms with Gasteiger partial charge in [-0.05, 0) is 48.8 Å². The molecule has 1 atom stereocenters. The third-order valence-electron chi connectivity index (χ3n) is 6.64. The number of rotatable bonds is 6. The number of nitrogens with zero attached hydrogens (tertiary/aromatic N) is 3. The highest BCUT2D eigenvalue weighted by molar-refractivity contribution is 14.0. The molecule has 180 valence electrons. The van der Waals surface area contributed by atoms with Crippen molar-refractivity contribution in [3.63, 3.8) is 0 Å². The Labute approximate surface area is 213 Å². The van der Waals surface area contributed by atoms with Gasteiger partial charge in [-0.2, -0.15) is 11.8 Å². The first-order chi connectivity index (χ1) is 15.2. The lowest BCUT2D eigenvalue weighted by Crippen LogP contribution is -2.56. The fourth-order valence-corrected chi connectivity index (χ4v) is 6.29. The lowest BCUT2D eigenvalue weighted by atomic mass is 9.96. The average Bonchev–Trinajstić information content (AvgIpc) is 3.31. The first-order valence-electron chi connectivity index (χ1n) is 11.4. The third-order valence-corrected chi connectivity index (χ3v) is 7.87. The number of halogens is 1. The molecule has 7 nitrogen and oxygen atoms in total. The van der Waals surface area contributed by atoms with Crippen LogP contribution in [0.2, 0.25) is 0 Å². The van der Waals surface area contributed by atoms with Crippen molar-refractivity contribution in [3.05, 3.63) is 23.3 Å². The van der Waals surface area contributed by atoms with Crippen LogP contribution in [0.3, 0.4) is 0 Å². The lowest BCUT2D eigenvalue weighted by molar-refractivity contribution is -0.0105. The van der Waals surface area contributed by atoms with Gasteiger partial charge < -0.3 is 24.4 Å². The van der Waals surface area contributed by atoms with Crippen LogP contribution in [0, 0.1) is 0 Å². The van der Waals surface area contributed by atoms with E-state index in [9.17, 15) is 0 Å². The highest BCUT2D eigenvalue weighted by atomic mass is 127. The molecule has 0 aromatic heterocycles. The molecule has 0 saturated carbocycles. The summed E-state index contributed by atoms with van der Waals surface area (Å²) >= 11 is 2.06. The maximum Gasteiger partial charge on any atom is 0.194 e. The van der Waals surface area contributed by atoms with Crippen LogP contribution in [0.5, 0.6) is 11.5 Å². The molecule has 2 saturated heterocycles. The van der Waals surface area contributed by atoms with E-state index in [0.717, 1.165) is 82.1 Å². The second kappa shape index (κ2) is 12.0. The minimum Gasteiger partial charge on any atom is -0.493 e. The van der Waals surface area contributed by atoms with Crippen LogP contribution in [0.15, 0.2) is 17.1 Å². The van der Waals surface area contributed by atoms with Crippen LogP contribution in [0.4, 0.5) is 0 Å². The maximum absolute atomic E-state index is 5.61. The number of ether oxygens (including phenoxy) is 3. The molecule has 0 bridgehead atoms. The molecule has 1 unspecified atom stereocenters. The van der Waals surface area contributed by atoms with E-state index < -0.39 is 0 Å². The van der Waals surface area contributed by atoms with Gasteiger partial charge in [0.25, 0.3) is 0 Å². The van der Waals surface area contributed by atoms with Crippen molar-refractivity contribution in [1.82, 2.24) is 15.1 Å². The molecule has 1 aromatic rings. The summed E-state index contributed by atoms with van der Waals surface area (Å²) in [7, 11) is 3.39. The number of morpholine rings is 1. The normalized spacial score (nSPS) is 24.0. The summed E-state index contributed by atoms with van der Waals surface area (Å²) in [5, 5.41) is 3.55. The molecule has 3 aliphatic rings. The first-order valence-corrected chi connectivity index (χ1v) is 12.5. The number of guanidine groups is 1. The molecule has 0 spiro atoms. The number of nitrogens with one attached hydrogen (secondary N) is 1. The Balaban J connectivity index is 0.00000289. The van der Waals surface area contributed by atoms with Crippen LogP contribution < -0.4 is 14.8 Å². The zero-order valence-electron chi connectivity index (χ0n) is 19.5. The smallest absolute Gasteiger partial charge is 0.194 e. The summed E-state index contributed by atoms with van der Waals surface area (Å²) < 4.78 is 16.6. The maximum atomic E-state index is 5.61. The largest absolute Gasteiger partial charge is 0.493 e. The molecule has 0 amide bonds. The Morgan fingerprint density at radius 3 is 2.50 bits per heavy atom. The van der Waals surface area contributed by atoms with Crippen molar-refractivity contribution in [2.24, 2.45) is 4.99 Å². The summed E-state index contributed by atoms with van der Waals surface area (Å²) in [6.45, 7) is 9.36. The predicted octanol–water partition coefficient (Wildman–Crippen LogP) is 2.85. The number of methoxy groups -OCH3 is 2. The molecule has 0 aliphatic carbocycles. The summed E-state index contributed by atoms with van der Waals surface area (Å²) in [6, 6.07) is 4.24. The van der Waals surface area contributed by atoms with Crippen LogP contribution in [0.1, 0.15) is 24.5 Å². The van der Waals surface area contributed by atoms with Crippen molar-refractivity contribution in [3.8, 4) is 11.5 Å². The van der Waals surface area contributed by atoms with E-state index in [1.807, 2.05) is 0 Å². The van der Waals surface area contributed by atoms with Crippen LogP contribution >= 0.6 is 35.7 Å². The topological polar surface area (TPSA) is 58.6 Å². The zero-order chi connectivity index (χ0) is 21.7. The monoisotopic (exact) mass is 576 g/mol. The van der Waals surface area contributed by atoms with Gasteiger partial charge in [0.05, 0.1) is 39.5 Å².